The van der Waals surface area contributed by atoms with Crippen LogP contribution in [0.25, 0.3) is 0 Å². The number of hydrogen-bond acceptors (Lipinski definition) is 5. The molecule has 1 amide bonds. The van der Waals surface area contributed by atoms with E-state index < -0.39 is 23.8 Å². The lowest BCUT2D eigenvalue weighted by Gasteiger charge is -2.23. The highest BCUT2D eigenvalue weighted by molar-refractivity contribution is 7.17. The van der Waals surface area contributed by atoms with Crippen molar-refractivity contribution >= 4 is 34.2 Å². The number of rotatable bonds is 5. The predicted octanol–water partition coefficient (Wildman–Crippen LogP) is 3.51. The van der Waals surface area contributed by atoms with Crippen molar-refractivity contribution in [2.24, 2.45) is 29.6 Å². The molecule has 0 spiro atoms. The zero-order chi connectivity index (χ0) is 20.0. The lowest BCUT2D eigenvalue weighted by Crippen LogP contribution is -2.36. The molecule has 4 rings (SSSR count). The van der Waals surface area contributed by atoms with Gasteiger partial charge in [-0.1, -0.05) is 25.5 Å². The van der Waals surface area contributed by atoms with E-state index >= 15 is 0 Å². The summed E-state index contributed by atoms with van der Waals surface area (Å²) in [6.07, 6.45) is 8.41. The van der Waals surface area contributed by atoms with E-state index in [0.717, 1.165) is 36.1 Å². The minimum absolute atomic E-state index is 0.0493. The van der Waals surface area contributed by atoms with Crippen LogP contribution in [0, 0.1) is 29.6 Å². The van der Waals surface area contributed by atoms with E-state index in [1.807, 2.05) is 12.2 Å². The van der Waals surface area contributed by atoms with Crippen LogP contribution in [0.3, 0.4) is 0 Å². The number of aliphatic carboxylic acids is 1. The lowest BCUT2D eigenvalue weighted by molar-refractivity contribution is -0.146. The number of thiophene rings is 1. The third kappa shape index (κ3) is 3.05. The van der Waals surface area contributed by atoms with Crippen LogP contribution in [0.15, 0.2) is 12.2 Å². The average molecular weight is 404 g/mol. The van der Waals surface area contributed by atoms with Crippen LogP contribution in [0.5, 0.6) is 0 Å². The van der Waals surface area contributed by atoms with E-state index in [9.17, 15) is 19.5 Å². The van der Waals surface area contributed by atoms with Crippen LogP contribution >= 0.6 is 11.3 Å². The van der Waals surface area contributed by atoms with E-state index in [0.29, 0.717) is 22.9 Å². The van der Waals surface area contributed by atoms with Crippen LogP contribution in [0.1, 0.15) is 47.0 Å². The molecule has 1 aromatic rings. The minimum atomic E-state index is -0.929. The van der Waals surface area contributed by atoms with Crippen LogP contribution in [0.2, 0.25) is 0 Å². The summed E-state index contributed by atoms with van der Waals surface area (Å²) < 4.78 is 4.98. The predicted molar refractivity (Wildman–Crippen MR) is 105 cm³/mol. The summed E-state index contributed by atoms with van der Waals surface area (Å²) in [5.41, 5.74) is 1.44. The smallest absolute Gasteiger partial charge is 0.341 e. The SMILES string of the molecule is CC[C@H]1CCc2c(sc(NC(=O)[C@H]3[C@@H](C(=O)O)[C@H]4C=C[C@H]3C4)c2C(=O)OC)C1. The molecule has 0 saturated heterocycles. The molecule has 1 heterocycles. The van der Waals surface area contributed by atoms with Gasteiger partial charge in [-0.3, -0.25) is 9.59 Å². The third-order valence-electron chi connectivity index (χ3n) is 6.62. The van der Waals surface area contributed by atoms with Crippen molar-refractivity contribution in [2.75, 3.05) is 12.4 Å². The van der Waals surface area contributed by atoms with Crippen LogP contribution in [0.4, 0.5) is 5.00 Å². The summed E-state index contributed by atoms with van der Waals surface area (Å²) >= 11 is 1.44. The normalized spacial score (nSPS) is 30.1. The fourth-order valence-electron chi connectivity index (χ4n) is 5.12. The van der Waals surface area contributed by atoms with Gasteiger partial charge in [-0.2, -0.15) is 0 Å². The Bertz CT molecular complexity index is 857. The van der Waals surface area contributed by atoms with E-state index in [2.05, 4.69) is 12.2 Å². The monoisotopic (exact) mass is 403 g/mol. The molecule has 2 N–H and O–H groups in total. The number of esters is 1. The summed E-state index contributed by atoms with van der Waals surface area (Å²) in [5.74, 6) is -2.51. The Morgan fingerprint density at radius 2 is 1.96 bits per heavy atom. The molecule has 6 nitrogen and oxygen atoms in total. The number of carbonyl (C=O) groups excluding carboxylic acids is 2. The van der Waals surface area contributed by atoms with E-state index in [1.54, 1.807) is 0 Å². The molecule has 1 saturated carbocycles. The van der Waals surface area contributed by atoms with Crippen molar-refractivity contribution in [3.8, 4) is 0 Å². The molecular weight excluding hydrogens is 378 g/mol. The maximum absolute atomic E-state index is 13.1. The van der Waals surface area contributed by atoms with Crippen LogP contribution in [-0.2, 0) is 27.2 Å². The van der Waals surface area contributed by atoms with Gasteiger partial charge in [-0.05, 0) is 49.0 Å². The molecule has 3 aliphatic rings. The summed E-state index contributed by atoms with van der Waals surface area (Å²) in [6, 6.07) is 0. The van der Waals surface area contributed by atoms with Crippen molar-refractivity contribution in [2.45, 2.75) is 39.0 Å². The standard InChI is InChI=1S/C21H25NO5S/c1-3-10-4-7-13-14(8-10)28-19(17(13)21(26)27-2)22-18(23)15-11-5-6-12(9-11)16(15)20(24)25/h5-6,10-12,15-16H,3-4,7-9H2,1-2H3,(H,22,23)(H,24,25)/t10-,11-,12-,15+,16-/m0/s1. The second-order valence-corrected chi connectivity index (χ2v) is 9.15. The molecule has 3 aliphatic carbocycles. The molecule has 2 bridgehead atoms. The number of carboxylic acid groups (broad SMARTS) is 1. The number of carboxylic acids is 1. The lowest BCUT2D eigenvalue weighted by atomic mass is 9.82. The highest BCUT2D eigenvalue weighted by Crippen LogP contribution is 2.49. The summed E-state index contributed by atoms with van der Waals surface area (Å²) in [6.45, 7) is 2.17. The molecule has 5 atom stereocenters. The first-order valence-corrected chi connectivity index (χ1v) is 10.7. The number of anilines is 1. The number of methoxy groups -OCH3 is 1. The topological polar surface area (TPSA) is 92.7 Å². The summed E-state index contributed by atoms with van der Waals surface area (Å²) in [5, 5.41) is 13.0. The number of hydrogen-bond donors (Lipinski definition) is 2. The molecule has 1 fully saturated rings. The zero-order valence-corrected chi connectivity index (χ0v) is 16.9. The van der Waals surface area contributed by atoms with Crippen LogP contribution in [-0.4, -0.2) is 30.1 Å². The zero-order valence-electron chi connectivity index (χ0n) is 16.1. The molecule has 28 heavy (non-hydrogen) atoms. The van der Waals surface area contributed by atoms with Crippen LogP contribution < -0.4 is 5.32 Å². The van der Waals surface area contributed by atoms with Gasteiger partial charge >= 0.3 is 11.9 Å². The minimum Gasteiger partial charge on any atom is -0.481 e. The molecule has 0 aromatic carbocycles. The van der Waals surface area contributed by atoms with Crippen molar-refractivity contribution in [1.29, 1.82) is 0 Å². The highest BCUT2D eigenvalue weighted by Gasteiger charge is 2.51. The van der Waals surface area contributed by atoms with Gasteiger partial charge in [-0.15, -0.1) is 11.3 Å². The summed E-state index contributed by atoms with van der Waals surface area (Å²) in [4.78, 5) is 38.4. The number of allylic oxidation sites excluding steroid dienone is 2. The molecule has 0 aliphatic heterocycles. The van der Waals surface area contributed by atoms with Crippen molar-refractivity contribution in [3.63, 3.8) is 0 Å². The maximum atomic E-state index is 13.1. The fraction of sp³-hybridized carbons (Fsp3) is 0.571. The Morgan fingerprint density at radius 3 is 2.61 bits per heavy atom. The van der Waals surface area contributed by atoms with Gasteiger partial charge in [0.15, 0.2) is 0 Å². The van der Waals surface area contributed by atoms with Crippen molar-refractivity contribution < 1.29 is 24.2 Å². The largest absolute Gasteiger partial charge is 0.481 e. The second-order valence-electron chi connectivity index (χ2n) is 8.04. The van der Waals surface area contributed by atoms with E-state index in [1.165, 1.54) is 18.4 Å². The van der Waals surface area contributed by atoms with Gasteiger partial charge in [0.1, 0.15) is 5.00 Å². The Balaban J connectivity index is 1.63. The molecule has 150 valence electrons. The highest BCUT2D eigenvalue weighted by atomic mass is 32.1. The first-order valence-electron chi connectivity index (χ1n) is 9.89. The fourth-order valence-corrected chi connectivity index (χ4v) is 6.47. The second kappa shape index (κ2) is 7.35. The van der Waals surface area contributed by atoms with Gasteiger partial charge in [0, 0.05) is 4.88 Å². The maximum Gasteiger partial charge on any atom is 0.341 e. The van der Waals surface area contributed by atoms with Gasteiger partial charge in [-0.25, -0.2) is 4.79 Å². The Hall–Kier alpha value is -2.15. The van der Waals surface area contributed by atoms with E-state index in [4.69, 9.17) is 4.74 Å². The molecule has 7 heteroatoms. The average Bonchev–Trinajstić information content (AvgIpc) is 3.38. The van der Waals surface area contributed by atoms with Gasteiger partial charge < -0.3 is 15.2 Å². The van der Waals surface area contributed by atoms with Gasteiger partial charge in [0.05, 0.1) is 24.5 Å². The Labute approximate surface area is 168 Å². The molecule has 0 radical (unpaired) electrons. The van der Waals surface area contributed by atoms with Gasteiger partial charge in [0.2, 0.25) is 5.91 Å². The first kappa shape index (κ1) is 19.2. The first-order chi connectivity index (χ1) is 13.4. The quantitative estimate of drug-likeness (QED) is 0.580. The molecule has 1 aromatic heterocycles. The van der Waals surface area contributed by atoms with E-state index in [-0.39, 0.29) is 17.7 Å². The Kier molecular flexibility index (Phi) is 5.04. The number of nitrogens with one attached hydrogen (secondary N) is 1. The number of fused-ring (bicyclic) bond motifs is 3. The summed E-state index contributed by atoms with van der Waals surface area (Å²) in [7, 11) is 1.34. The molecular formula is C21H25NO5S. The number of ether oxygens (including phenoxy) is 1. The van der Waals surface area contributed by atoms with Gasteiger partial charge in [0.25, 0.3) is 0 Å². The third-order valence-corrected chi connectivity index (χ3v) is 7.79. The van der Waals surface area contributed by atoms with Crippen molar-refractivity contribution in [3.05, 3.63) is 28.2 Å². The number of amides is 1. The van der Waals surface area contributed by atoms with Crippen molar-refractivity contribution in [1.82, 2.24) is 0 Å². The molecule has 0 unspecified atom stereocenters. The number of carbonyl (C=O) groups is 3. The Morgan fingerprint density at radius 1 is 1.25 bits per heavy atom.